The van der Waals surface area contributed by atoms with Crippen LogP contribution in [0.1, 0.15) is 54.0 Å². The summed E-state index contributed by atoms with van der Waals surface area (Å²) < 4.78 is 0. The van der Waals surface area contributed by atoms with Crippen molar-refractivity contribution in [3.8, 4) is 0 Å². The first-order valence-electron chi connectivity index (χ1n) is 9.03. The van der Waals surface area contributed by atoms with Crippen LogP contribution in [0.5, 0.6) is 0 Å². The number of rotatable bonds is 7. The van der Waals surface area contributed by atoms with Crippen LogP contribution in [-0.2, 0) is 11.2 Å². The summed E-state index contributed by atoms with van der Waals surface area (Å²) in [4.78, 5) is 33.1. The number of aryl methyl sites for hydroxylation is 1. The lowest BCUT2D eigenvalue weighted by atomic mass is 10.0. The minimum atomic E-state index is -0.793. The Morgan fingerprint density at radius 2 is 2.00 bits per heavy atom. The second-order valence-electron chi connectivity index (χ2n) is 7.09. The monoisotopic (exact) mass is 367 g/mol. The quantitative estimate of drug-likeness (QED) is 0.802. The zero-order valence-corrected chi connectivity index (χ0v) is 16.4. The van der Waals surface area contributed by atoms with Crippen LogP contribution in [0.3, 0.4) is 0 Å². The number of hydrogen-bond donors (Lipinski definition) is 1. The molecule has 25 heavy (non-hydrogen) atoms. The Balaban J connectivity index is 2.01. The lowest BCUT2D eigenvalue weighted by Crippen LogP contribution is -2.48. The molecule has 1 aliphatic rings. The first-order valence-corrected chi connectivity index (χ1v) is 9.84. The van der Waals surface area contributed by atoms with Crippen LogP contribution < -0.4 is 0 Å². The van der Waals surface area contributed by atoms with Gasteiger partial charge in [0.25, 0.3) is 5.91 Å². The maximum Gasteiger partial charge on any atom is 0.317 e. The average molecular weight is 368 g/mol. The number of nitrogens with zero attached hydrogens (tertiary/aromatic N) is 3. The van der Waals surface area contributed by atoms with Crippen LogP contribution in [0.4, 0.5) is 0 Å². The molecule has 0 unspecified atom stereocenters. The first kappa shape index (κ1) is 19.8. The molecule has 0 aliphatic carbocycles. The predicted octanol–water partition coefficient (Wildman–Crippen LogP) is 2.66. The molecule has 0 radical (unpaired) electrons. The van der Waals surface area contributed by atoms with Crippen LogP contribution in [-0.4, -0.2) is 64.0 Å². The highest BCUT2D eigenvalue weighted by Gasteiger charge is 2.29. The van der Waals surface area contributed by atoms with E-state index in [9.17, 15) is 9.59 Å². The molecule has 1 aromatic heterocycles. The third-order valence-corrected chi connectivity index (χ3v) is 5.61. The molecule has 0 aromatic carbocycles. The van der Waals surface area contributed by atoms with E-state index in [0.29, 0.717) is 19.0 Å². The van der Waals surface area contributed by atoms with Gasteiger partial charge in [0, 0.05) is 19.1 Å². The molecule has 7 heteroatoms. The zero-order valence-electron chi connectivity index (χ0n) is 15.6. The summed E-state index contributed by atoms with van der Waals surface area (Å²) in [6, 6.07) is 0.239. The van der Waals surface area contributed by atoms with Crippen molar-refractivity contribution in [2.75, 3.05) is 26.2 Å². The first-order chi connectivity index (χ1) is 11.8. The third kappa shape index (κ3) is 5.25. The Labute approximate surface area is 153 Å². The number of piperidine rings is 1. The van der Waals surface area contributed by atoms with Crippen molar-refractivity contribution in [2.24, 2.45) is 5.92 Å². The molecule has 1 saturated heterocycles. The number of carbonyl (C=O) groups is 2. The van der Waals surface area contributed by atoms with Gasteiger partial charge < -0.3 is 10.0 Å². The van der Waals surface area contributed by atoms with Gasteiger partial charge in [0.05, 0.1) is 17.2 Å². The van der Waals surface area contributed by atoms with E-state index in [1.807, 2.05) is 23.6 Å². The van der Waals surface area contributed by atoms with Gasteiger partial charge in [-0.2, -0.15) is 0 Å². The number of amides is 1. The van der Waals surface area contributed by atoms with Gasteiger partial charge in [0.2, 0.25) is 0 Å². The molecular weight excluding hydrogens is 338 g/mol. The second kappa shape index (κ2) is 8.76. The Hall–Kier alpha value is -1.47. The molecule has 2 rings (SSSR count). The molecule has 1 aromatic rings. The smallest absolute Gasteiger partial charge is 0.317 e. The van der Waals surface area contributed by atoms with Crippen LogP contribution in [0, 0.1) is 12.8 Å². The van der Waals surface area contributed by atoms with E-state index < -0.39 is 5.97 Å². The minimum absolute atomic E-state index is 0.0711. The summed E-state index contributed by atoms with van der Waals surface area (Å²) in [6.45, 7) is 10.3. The second-order valence-corrected chi connectivity index (χ2v) is 8.29. The van der Waals surface area contributed by atoms with E-state index in [2.05, 4.69) is 18.8 Å². The summed E-state index contributed by atoms with van der Waals surface area (Å²) in [6.07, 6.45) is 2.47. The number of likely N-dealkylation sites (N-methyl/N-ethyl adjacent to an activating group) is 1. The number of hydrogen-bond acceptors (Lipinski definition) is 5. The number of aliphatic carboxylic acids is 1. The summed E-state index contributed by atoms with van der Waals surface area (Å²) >= 11 is 1.49. The van der Waals surface area contributed by atoms with E-state index >= 15 is 0 Å². The maximum absolute atomic E-state index is 12.9. The maximum atomic E-state index is 12.9. The lowest BCUT2D eigenvalue weighted by molar-refractivity contribution is -0.139. The van der Waals surface area contributed by atoms with E-state index in [1.54, 1.807) is 0 Å². The molecule has 1 aliphatic heterocycles. The fraction of sp³-hybridized carbons (Fsp3) is 0.722. The van der Waals surface area contributed by atoms with Crippen molar-refractivity contribution in [3.63, 3.8) is 0 Å². The summed E-state index contributed by atoms with van der Waals surface area (Å²) in [5, 5.41) is 9.97. The zero-order chi connectivity index (χ0) is 18.6. The largest absolute Gasteiger partial charge is 0.480 e. The summed E-state index contributed by atoms with van der Waals surface area (Å²) in [5.41, 5.74) is 0.922. The summed E-state index contributed by atoms with van der Waals surface area (Å²) in [7, 11) is 0. The van der Waals surface area contributed by atoms with Crippen molar-refractivity contribution in [1.29, 1.82) is 0 Å². The SMILES string of the molecule is CCN(CC(=O)O)C1CCN(C(=O)c2sc(C)nc2CC(C)C)CC1. The van der Waals surface area contributed by atoms with E-state index in [0.717, 1.165) is 41.4 Å². The summed E-state index contributed by atoms with van der Waals surface area (Å²) in [5.74, 6) is -0.243. The van der Waals surface area contributed by atoms with Gasteiger partial charge in [-0.25, -0.2) is 4.98 Å². The number of carbonyl (C=O) groups excluding carboxylic acids is 1. The van der Waals surface area contributed by atoms with Crippen molar-refractivity contribution in [3.05, 3.63) is 15.6 Å². The lowest BCUT2D eigenvalue weighted by Gasteiger charge is -2.37. The Morgan fingerprint density at radius 3 is 2.52 bits per heavy atom. The molecule has 0 saturated carbocycles. The van der Waals surface area contributed by atoms with Crippen molar-refractivity contribution >= 4 is 23.2 Å². The molecule has 0 bridgehead atoms. The molecule has 0 spiro atoms. The third-order valence-electron chi connectivity index (χ3n) is 4.61. The van der Waals surface area contributed by atoms with E-state index in [-0.39, 0.29) is 18.5 Å². The van der Waals surface area contributed by atoms with Gasteiger partial charge in [-0.05, 0) is 38.6 Å². The Bertz CT molecular complexity index is 607. The van der Waals surface area contributed by atoms with E-state index in [4.69, 9.17) is 5.11 Å². The highest BCUT2D eigenvalue weighted by molar-refractivity contribution is 7.13. The fourth-order valence-corrected chi connectivity index (χ4v) is 4.33. The minimum Gasteiger partial charge on any atom is -0.480 e. The van der Waals surface area contributed by atoms with Crippen molar-refractivity contribution in [2.45, 2.75) is 53.0 Å². The predicted molar refractivity (Wildman–Crippen MR) is 99.2 cm³/mol. The Kier molecular flexibility index (Phi) is 6.95. The number of thiazole rings is 1. The molecule has 1 N–H and O–H groups in total. The topological polar surface area (TPSA) is 73.7 Å². The highest BCUT2D eigenvalue weighted by Crippen LogP contribution is 2.25. The average Bonchev–Trinajstić information content (AvgIpc) is 2.91. The number of carboxylic acids is 1. The standard InChI is InChI=1S/C18H29N3O3S/c1-5-20(11-16(22)23)14-6-8-21(9-7-14)18(24)17-15(10-12(2)3)19-13(4)25-17/h12,14H,5-11H2,1-4H3,(H,22,23). The van der Waals surface area contributed by atoms with Gasteiger partial charge in [0.15, 0.2) is 0 Å². The van der Waals surface area contributed by atoms with Crippen LogP contribution in [0.15, 0.2) is 0 Å². The van der Waals surface area contributed by atoms with Gasteiger partial charge in [-0.1, -0.05) is 20.8 Å². The number of likely N-dealkylation sites (tertiary alicyclic amines) is 1. The molecule has 2 heterocycles. The van der Waals surface area contributed by atoms with Gasteiger partial charge in [-0.3, -0.25) is 14.5 Å². The fourth-order valence-electron chi connectivity index (χ4n) is 3.41. The highest BCUT2D eigenvalue weighted by atomic mass is 32.1. The number of aromatic nitrogens is 1. The molecule has 0 atom stereocenters. The molecule has 1 amide bonds. The Morgan fingerprint density at radius 1 is 1.36 bits per heavy atom. The molecule has 1 fully saturated rings. The van der Waals surface area contributed by atoms with Crippen LogP contribution in [0.2, 0.25) is 0 Å². The van der Waals surface area contributed by atoms with E-state index in [1.165, 1.54) is 11.3 Å². The van der Waals surface area contributed by atoms with Gasteiger partial charge in [0.1, 0.15) is 4.88 Å². The van der Waals surface area contributed by atoms with Crippen molar-refractivity contribution < 1.29 is 14.7 Å². The van der Waals surface area contributed by atoms with Crippen LogP contribution in [0.25, 0.3) is 0 Å². The molecule has 140 valence electrons. The van der Waals surface area contributed by atoms with Gasteiger partial charge in [-0.15, -0.1) is 11.3 Å². The van der Waals surface area contributed by atoms with Crippen molar-refractivity contribution in [1.82, 2.24) is 14.8 Å². The van der Waals surface area contributed by atoms with Gasteiger partial charge >= 0.3 is 5.97 Å². The number of carboxylic acid groups (broad SMARTS) is 1. The molecule has 6 nitrogen and oxygen atoms in total. The normalized spacial score (nSPS) is 16.0. The van der Waals surface area contributed by atoms with Crippen LogP contribution >= 0.6 is 11.3 Å². The molecular formula is C18H29N3O3S.